The molecule has 0 aliphatic heterocycles. The van der Waals surface area contributed by atoms with Crippen molar-refractivity contribution in [3.8, 4) is 0 Å². The van der Waals surface area contributed by atoms with E-state index in [-0.39, 0.29) is 11.4 Å². The minimum atomic E-state index is -0.560. The Bertz CT molecular complexity index is 682. The van der Waals surface area contributed by atoms with Crippen LogP contribution in [0.15, 0.2) is 36.4 Å². The number of hydrogen-bond acceptors (Lipinski definition) is 1. The third-order valence-electron chi connectivity index (χ3n) is 3.41. The largest absolute Gasteiger partial charge is 0.345 e. The van der Waals surface area contributed by atoms with E-state index in [4.69, 9.17) is 0 Å². The van der Waals surface area contributed by atoms with Gasteiger partial charge in [0.2, 0.25) is 0 Å². The molecule has 1 unspecified atom stereocenters. The monoisotopic (exact) mass is 289 g/mol. The van der Waals surface area contributed by atoms with E-state index in [1.807, 2.05) is 0 Å². The summed E-state index contributed by atoms with van der Waals surface area (Å²) in [6.45, 7) is 5.15. The predicted octanol–water partition coefficient (Wildman–Crippen LogP) is 4.07. The smallest absolute Gasteiger partial charge is 0.254 e. The summed E-state index contributed by atoms with van der Waals surface area (Å²) in [6, 6.07) is 8.80. The lowest BCUT2D eigenvalue weighted by Crippen LogP contribution is -2.27. The number of rotatable bonds is 3. The lowest BCUT2D eigenvalue weighted by Gasteiger charge is -2.15. The highest BCUT2D eigenvalue weighted by Gasteiger charge is 2.15. The number of nitrogens with one attached hydrogen (secondary N) is 1. The number of benzene rings is 2. The molecular weight excluding hydrogens is 272 g/mol. The van der Waals surface area contributed by atoms with E-state index in [1.165, 1.54) is 18.2 Å². The molecule has 21 heavy (non-hydrogen) atoms. The van der Waals surface area contributed by atoms with Crippen LogP contribution in [0.1, 0.15) is 40.0 Å². The van der Waals surface area contributed by atoms with Crippen molar-refractivity contribution in [2.24, 2.45) is 0 Å². The molecule has 1 amide bonds. The van der Waals surface area contributed by atoms with Gasteiger partial charge in [-0.3, -0.25) is 4.79 Å². The molecule has 0 aliphatic rings. The van der Waals surface area contributed by atoms with Crippen LogP contribution in [0.5, 0.6) is 0 Å². The zero-order chi connectivity index (χ0) is 15.6. The molecule has 1 atom stereocenters. The normalized spacial score (nSPS) is 12.0. The van der Waals surface area contributed by atoms with Crippen LogP contribution in [0.25, 0.3) is 0 Å². The molecule has 110 valence electrons. The average molecular weight is 289 g/mol. The van der Waals surface area contributed by atoms with Gasteiger partial charge in [-0.25, -0.2) is 8.78 Å². The van der Waals surface area contributed by atoms with Crippen molar-refractivity contribution in [1.29, 1.82) is 0 Å². The molecule has 0 heterocycles. The number of carbonyl (C=O) groups excluding carboxylic acids is 1. The molecule has 0 spiro atoms. The first-order valence-corrected chi connectivity index (χ1v) is 6.71. The van der Waals surface area contributed by atoms with Gasteiger partial charge in [0.15, 0.2) is 0 Å². The highest BCUT2D eigenvalue weighted by Crippen LogP contribution is 2.17. The summed E-state index contributed by atoms with van der Waals surface area (Å²) < 4.78 is 27.3. The molecule has 0 bridgehead atoms. The molecular formula is C17H17F2NO. The number of hydrogen-bond donors (Lipinski definition) is 1. The zero-order valence-electron chi connectivity index (χ0n) is 12.2. The Kier molecular flexibility index (Phi) is 4.36. The SMILES string of the molecule is Cc1ccc(C(=O)NC(C)c2ccc(C)c(F)c2)c(F)c1. The lowest BCUT2D eigenvalue weighted by molar-refractivity contribution is 0.0935. The topological polar surface area (TPSA) is 29.1 Å². The van der Waals surface area contributed by atoms with Crippen molar-refractivity contribution in [3.05, 3.63) is 70.3 Å². The molecule has 1 N–H and O–H groups in total. The minimum Gasteiger partial charge on any atom is -0.345 e. The standard InChI is InChI=1S/C17H17F2NO/c1-10-4-7-14(16(19)8-10)17(21)20-12(3)13-6-5-11(2)15(18)9-13/h4-9,12H,1-3H3,(H,20,21). The lowest BCUT2D eigenvalue weighted by atomic mass is 10.0. The second kappa shape index (κ2) is 6.04. The van der Waals surface area contributed by atoms with Crippen molar-refractivity contribution in [2.45, 2.75) is 26.8 Å². The maximum Gasteiger partial charge on any atom is 0.254 e. The fraction of sp³-hybridized carbons (Fsp3) is 0.235. The van der Waals surface area contributed by atoms with Gasteiger partial charge in [0, 0.05) is 0 Å². The van der Waals surface area contributed by atoms with E-state index in [9.17, 15) is 13.6 Å². The van der Waals surface area contributed by atoms with Crippen LogP contribution in [0.3, 0.4) is 0 Å². The van der Waals surface area contributed by atoms with Gasteiger partial charge >= 0.3 is 0 Å². The van der Waals surface area contributed by atoms with Crippen molar-refractivity contribution in [3.63, 3.8) is 0 Å². The molecule has 0 aromatic heterocycles. The van der Waals surface area contributed by atoms with Gasteiger partial charge in [-0.15, -0.1) is 0 Å². The highest BCUT2D eigenvalue weighted by molar-refractivity contribution is 5.94. The second-order valence-electron chi connectivity index (χ2n) is 5.19. The summed E-state index contributed by atoms with van der Waals surface area (Å²) in [4.78, 5) is 12.1. The third kappa shape index (κ3) is 3.45. The summed E-state index contributed by atoms with van der Waals surface area (Å²) in [5.41, 5.74) is 1.92. The Balaban J connectivity index is 2.16. The first-order chi connectivity index (χ1) is 9.88. The van der Waals surface area contributed by atoms with Crippen LogP contribution >= 0.6 is 0 Å². The second-order valence-corrected chi connectivity index (χ2v) is 5.19. The van der Waals surface area contributed by atoms with E-state index in [0.29, 0.717) is 11.1 Å². The molecule has 2 nitrogen and oxygen atoms in total. The first kappa shape index (κ1) is 15.2. The molecule has 4 heteroatoms. The molecule has 2 rings (SSSR count). The van der Waals surface area contributed by atoms with Crippen LogP contribution < -0.4 is 5.32 Å². The van der Waals surface area contributed by atoms with Crippen molar-refractivity contribution < 1.29 is 13.6 Å². The Labute approximate surface area is 122 Å². The van der Waals surface area contributed by atoms with E-state index in [1.54, 1.807) is 39.0 Å². The summed E-state index contributed by atoms with van der Waals surface area (Å²) >= 11 is 0. The number of carbonyl (C=O) groups is 1. The fourth-order valence-corrected chi connectivity index (χ4v) is 2.04. The van der Waals surface area contributed by atoms with Crippen LogP contribution in [0.4, 0.5) is 8.78 Å². The van der Waals surface area contributed by atoms with Gasteiger partial charge in [0.25, 0.3) is 5.91 Å². The van der Waals surface area contributed by atoms with Crippen LogP contribution in [0.2, 0.25) is 0 Å². The third-order valence-corrected chi connectivity index (χ3v) is 3.41. The number of amides is 1. The molecule has 0 saturated heterocycles. The van der Waals surface area contributed by atoms with Gasteiger partial charge in [0.1, 0.15) is 11.6 Å². The van der Waals surface area contributed by atoms with Crippen molar-refractivity contribution in [2.75, 3.05) is 0 Å². The fourth-order valence-electron chi connectivity index (χ4n) is 2.04. The molecule has 0 saturated carbocycles. The number of halogens is 2. The average Bonchev–Trinajstić information content (AvgIpc) is 2.41. The van der Waals surface area contributed by atoms with Crippen LogP contribution in [-0.4, -0.2) is 5.91 Å². The van der Waals surface area contributed by atoms with Gasteiger partial charge in [-0.2, -0.15) is 0 Å². The molecule has 2 aromatic rings. The van der Waals surface area contributed by atoms with Crippen molar-refractivity contribution in [1.82, 2.24) is 5.32 Å². The quantitative estimate of drug-likeness (QED) is 0.906. The summed E-state index contributed by atoms with van der Waals surface area (Å²) in [5, 5.41) is 2.67. The Morgan fingerprint density at radius 2 is 1.76 bits per heavy atom. The van der Waals surface area contributed by atoms with Crippen molar-refractivity contribution >= 4 is 5.91 Å². The van der Waals surface area contributed by atoms with E-state index >= 15 is 0 Å². The zero-order valence-corrected chi connectivity index (χ0v) is 12.2. The molecule has 0 radical (unpaired) electrons. The maximum atomic E-state index is 13.7. The van der Waals surface area contributed by atoms with E-state index in [2.05, 4.69) is 5.32 Å². The first-order valence-electron chi connectivity index (χ1n) is 6.71. The van der Waals surface area contributed by atoms with Crippen LogP contribution in [-0.2, 0) is 0 Å². The van der Waals surface area contributed by atoms with E-state index in [0.717, 1.165) is 5.56 Å². The maximum absolute atomic E-state index is 13.7. The van der Waals surface area contributed by atoms with Gasteiger partial charge in [-0.05, 0) is 55.7 Å². The van der Waals surface area contributed by atoms with Gasteiger partial charge in [-0.1, -0.05) is 18.2 Å². The highest BCUT2D eigenvalue weighted by atomic mass is 19.1. The Morgan fingerprint density at radius 3 is 2.38 bits per heavy atom. The van der Waals surface area contributed by atoms with E-state index < -0.39 is 17.8 Å². The summed E-state index contributed by atoms with van der Waals surface area (Å²) in [6.07, 6.45) is 0. The summed E-state index contributed by atoms with van der Waals surface area (Å²) in [5.74, 6) is -1.40. The summed E-state index contributed by atoms with van der Waals surface area (Å²) in [7, 11) is 0. The van der Waals surface area contributed by atoms with Gasteiger partial charge in [0.05, 0.1) is 11.6 Å². The Hall–Kier alpha value is -2.23. The molecule has 0 fully saturated rings. The van der Waals surface area contributed by atoms with Gasteiger partial charge < -0.3 is 5.32 Å². The Morgan fingerprint density at radius 1 is 1.05 bits per heavy atom. The molecule has 0 aliphatic carbocycles. The van der Waals surface area contributed by atoms with Crippen LogP contribution in [0, 0.1) is 25.5 Å². The minimum absolute atomic E-state index is 0.0139. The predicted molar refractivity (Wildman–Crippen MR) is 78.2 cm³/mol. The number of aryl methyl sites for hydroxylation is 2. The molecule has 2 aromatic carbocycles.